The van der Waals surface area contributed by atoms with Crippen LogP contribution in [-0.4, -0.2) is 87.7 Å². The number of thiazole rings is 1. The van der Waals surface area contributed by atoms with E-state index in [-0.39, 0.29) is 62.4 Å². The molecule has 2 unspecified atom stereocenters. The fourth-order valence-corrected chi connectivity index (χ4v) is 7.88. The molecule has 5 amide bonds. The second kappa shape index (κ2) is 21.6. The van der Waals surface area contributed by atoms with Crippen molar-refractivity contribution < 1.29 is 42.9 Å². The Bertz CT molecular complexity index is 1980. The van der Waals surface area contributed by atoms with Crippen LogP contribution in [0.5, 0.6) is 5.75 Å². The third kappa shape index (κ3) is 15.4. The summed E-state index contributed by atoms with van der Waals surface area (Å²) in [6.45, 7) is 14.5. The number of alkyl carbamates (subject to hydrolysis) is 1. The minimum absolute atomic E-state index is 0.0107. The maximum Gasteiger partial charge on any atom is 0.407 e. The summed E-state index contributed by atoms with van der Waals surface area (Å²) in [5, 5.41) is 19.2. The number of carbonyl (C=O) groups excluding carboxylic acids is 5. The molecule has 5 atom stereocenters. The normalized spacial score (nSPS) is 16.9. The maximum atomic E-state index is 14.6. The van der Waals surface area contributed by atoms with E-state index in [4.69, 9.17) is 15.2 Å². The Morgan fingerprint density at radius 3 is 2.31 bits per heavy atom. The number of likely N-dealkylation sites (tertiary alicyclic amines) is 1. The third-order valence-corrected chi connectivity index (χ3v) is 11.2. The molecule has 1 aliphatic rings. The number of hydrogen-bond donors (Lipinski definition) is 5. The predicted octanol–water partition coefficient (Wildman–Crippen LogP) is 6.27. The number of ether oxygens (including phenoxy) is 2. The van der Waals surface area contributed by atoms with Gasteiger partial charge >= 0.3 is 6.09 Å². The van der Waals surface area contributed by atoms with Crippen LogP contribution in [0, 0.1) is 18.2 Å². The largest absolute Gasteiger partial charge is 0.491 e. The molecule has 3 aromatic rings. The molecule has 14 nitrogen and oxygen atoms in total. The molecule has 1 saturated heterocycles. The zero-order valence-corrected chi connectivity index (χ0v) is 37.5. The van der Waals surface area contributed by atoms with Crippen molar-refractivity contribution in [3.05, 3.63) is 70.6 Å². The molecule has 61 heavy (non-hydrogen) atoms. The molecule has 0 bridgehead atoms. The number of aliphatic hydroxyl groups excluding tert-OH is 1. The summed E-state index contributed by atoms with van der Waals surface area (Å²) in [5.74, 6) is -1.89. The molecule has 0 saturated carbocycles. The van der Waals surface area contributed by atoms with E-state index >= 15 is 0 Å². The van der Waals surface area contributed by atoms with Gasteiger partial charge in [-0.2, -0.15) is 0 Å². The molecule has 334 valence electrons. The molecule has 2 aromatic carbocycles. The first-order chi connectivity index (χ1) is 28.6. The Morgan fingerprint density at radius 1 is 0.984 bits per heavy atom. The minimum Gasteiger partial charge on any atom is -0.491 e. The van der Waals surface area contributed by atoms with Gasteiger partial charge in [0.15, 0.2) is 0 Å². The zero-order valence-electron chi connectivity index (χ0n) is 36.6. The lowest BCUT2D eigenvalue weighted by Crippen LogP contribution is -2.57. The van der Waals surface area contributed by atoms with Gasteiger partial charge < -0.3 is 41.2 Å². The van der Waals surface area contributed by atoms with Crippen molar-refractivity contribution in [3.63, 3.8) is 0 Å². The van der Waals surface area contributed by atoms with E-state index in [1.165, 1.54) is 17.0 Å². The topological polar surface area (TPSA) is 202 Å². The number of unbranched alkanes of at least 4 members (excludes halogenated alkanes) is 2. The van der Waals surface area contributed by atoms with Crippen molar-refractivity contribution in [1.29, 1.82) is 0 Å². The summed E-state index contributed by atoms with van der Waals surface area (Å²) in [6.07, 6.45) is 1.22. The first-order valence-electron chi connectivity index (χ1n) is 20.9. The highest BCUT2D eigenvalue weighted by Crippen LogP contribution is 2.30. The van der Waals surface area contributed by atoms with Gasteiger partial charge in [0, 0.05) is 31.9 Å². The molecule has 0 radical (unpaired) electrons. The first-order valence-corrected chi connectivity index (χ1v) is 21.8. The van der Waals surface area contributed by atoms with Crippen molar-refractivity contribution in [3.8, 4) is 16.2 Å². The van der Waals surface area contributed by atoms with Gasteiger partial charge in [-0.3, -0.25) is 19.2 Å². The van der Waals surface area contributed by atoms with Crippen LogP contribution in [0.1, 0.15) is 116 Å². The van der Waals surface area contributed by atoms with Gasteiger partial charge in [0.2, 0.25) is 23.6 Å². The zero-order chi connectivity index (χ0) is 45.1. The van der Waals surface area contributed by atoms with Gasteiger partial charge in [-0.15, -0.1) is 11.3 Å². The van der Waals surface area contributed by atoms with E-state index in [0.29, 0.717) is 31.2 Å². The number of aromatic nitrogens is 1. The number of halogens is 1. The Kier molecular flexibility index (Phi) is 17.2. The monoisotopic (exact) mass is 866 g/mol. The van der Waals surface area contributed by atoms with Gasteiger partial charge in [0.25, 0.3) is 0 Å². The SMILES string of the molecule is Cc1ncsc1-c1ccc([C@H](C)NC(=O)[C@@H]2CC(O)CN2C(=O)[C@@H](NC(=O)CCCCCc2cc(F)cc(OCC(CCC(N)=O)NC(=O)OC(C)(C)C)c2)C(C)(C)C)cc1. The minimum atomic E-state index is -0.943. The van der Waals surface area contributed by atoms with Crippen LogP contribution in [0.15, 0.2) is 48.0 Å². The standard InChI is InChI=1S/C45H63FN6O8S/c1-27(30-14-16-31(17-15-30)39-28(2)48-26-61-39)49-41(56)36-23-34(53)24-52(36)42(57)40(44(3,4)5)51-38(55)13-11-9-10-12-29-20-32(46)22-35(21-29)59-25-33(18-19-37(47)54)50-43(58)60-45(6,7)8/h14-17,20-22,26-27,33-34,36,40,53H,9-13,18-19,23-25H2,1-8H3,(H2,47,54)(H,49,56)(H,50,58)(H,51,55)/t27-,33?,34?,36-,40+/m0/s1. The first kappa shape index (κ1) is 48.6. The Hall–Kier alpha value is -5.09. The van der Waals surface area contributed by atoms with Crippen molar-refractivity contribution in [2.75, 3.05) is 13.2 Å². The summed E-state index contributed by atoms with van der Waals surface area (Å²) in [7, 11) is 0. The van der Waals surface area contributed by atoms with E-state index < -0.39 is 59.0 Å². The fraction of sp³-hybridized carbons (Fsp3) is 0.556. The van der Waals surface area contributed by atoms with Crippen LogP contribution < -0.4 is 26.4 Å². The third-order valence-electron chi connectivity index (χ3n) is 10.3. The number of nitrogens with two attached hydrogens (primary N) is 1. The van der Waals surface area contributed by atoms with Crippen LogP contribution in [0.25, 0.3) is 10.4 Å². The molecule has 0 aliphatic carbocycles. The van der Waals surface area contributed by atoms with Crippen LogP contribution in [-0.2, 0) is 30.3 Å². The average Bonchev–Trinajstić information content (AvgIpc) is 3.78. The number of carbonyl (C=O) groups is 5. The highest BCUT2D eigenvalue weighted by atomic mass is 32.1. The van der Waals surface area contributed by atoms with Crippen LogP contribution >= 0.6 is 11.3 Å². The van der Waals surface area contributed by atoms with Crippen molar-refractivity contribution in [1.82, 2.24) is 25.8 Å². The molecule has 0 spiro atoms. The average molecular weight is 867 g/mol. The molecule has 16 heteroatoms. The molecule has 6 N–H and O–H groups in total. The van der Waals surface area contributed by atoms with Crippen LogP contribution in [0.2, 0.25) is 0 Å². The van der Waals surface area contributed by atoms with Gasteiger partial charge in [-0.1, -0.05) is 51.5 Å². The highest BCUT2D eigenvalue weighted by Gasteiger charge is 2.44. The maximum absolute atomic E-state index is 14.6. The van der Waals surface area contributed by atoms with Gasteiger partial charge in [0.05, 0.1) is 34.3 Å². The Labute approximate surface area is 362 Å². The van der Waals surface area contributed by atoms with E-state index in [1.54, 1.807) is 43.7 Å². The lowest BCUT2D eigenvalue weighted by molar-refractivity contribution is -0.144. The summed E-state index contributed by atoms with van der Waals surface area (Å²) in [4.78, 5) is 71.5. The Balaban J connectivity index is 1.27. The number of primary amides is 1. The van der Waals surface area contributed by atoms with E-state index in [2.05, 4.69) is 20.9 Å². The summed E-state index contributed by atoms with van der Waals surface area (Å²) >= 11 is 1.56. The number of hydrogen-bond acceptors (Lipinski definition) is 10. The van der Waals surface area contributed by atoms with Crippen LogP contribution in [0.4, 0.5) is 9.18 Å². The molecule has 1 aliphatic heterocycles. The van der Waals surface area contributed by atoms with Crippen LogP contribution in [0.3, 0.4) is 0 Å². The molecule has 1 fully saturated rings. The van der Waals surface area contributed by atoms with Gasteiger partial charge in [0.1, 0.15) is 35.9 Å². The quantitative estimate of drug-likeness (QED) is 0.0862. The number of aryl methyl sites for hydroxylation is 2. The lowest BCUT2D eigenvalue weighted by atomic mass is 9.85. The molecule has 4 rings (SSSR count). The predicted molar refractivity (Wildman–Crippen MR) is 232 cm³/mol. The molecule has 2 heterocycles. The number of rotatable bonds is 19. The van der Waals surface area contributed by atoms with E-state index in [1.807, 2.05) is 58.9 Å². The number of β-amino-alcohol motifs (C(OH)–C–C–N with tert-alkyl or cyclic N) is 1. The highest BCUT2D eigenvalue weighted by molar-refractivity contribution is 7.13. The van der Waals surface area contributed by atoms with Crippen molar-refractivity contribution in [2.24, 2.45) is 11.1 Å². The summed E-state index contributed by atoms with van der Waals surface area (Å²) in [5.41, 5.74) is 9.26. The van der Waals surface area contributed by atoms with Crippen molar-refractivity contribution in [2.45, 2.75) is 143 Å². The smallest absolute Gasteiger partial charge is 0.407 e. The number of aliphatic hydroxyl groups is 1. The number of benzene rings is 2. The van der Waals surface area contributed by atoms with Gasteiger partial charge in [-0.25, -0.2) is 14.2 Å². The van der Waals surface area contributed by atoms with E-state index in [9.17, 15) is 33.5 Å². The molecule has 1 aromatic heterocycles. The number of amides is 5. The molecular weight excluding hydrogens is 804 g/mol. The van der Waals surface area contributed by atoms with Gasteiger partial charge in [-0.05, 0) is 94.5 Å². The number of nitrogens with zero attached hydrogens (tertiary/aromatic N) is 2. The van der Waals surface area contributed by atoms with Crippen molar-refractivity contribution >= 4 is 41.1 Å². The second-order valence-corrected chi connectivity index (χ2v) is 18.8. The second-order valence-electron chi connectivity index (χ2n) is 17.9. The summed E-state index contributed by atoms with van der Waals surface area (Å²) in [6, 6.07) is 9.43. The Morgan fingerprint density at radius 2 is 1.69 bits per heavy atom. The lowest BCUT2D eigenvalue weighted by Gasteiger charge is -2.35. The summed E-state index contributed by atoms with van der Waals surface area (Å²) < 4.78 is 25.7. The van der Waals surface area contributed by atoms with E-state index in [0.717, 1.165) is 21.7 Å². The molecular formula is C45H63FN6O8S. The number of nitrogens with one attached hydrogen (secondary N) is 3. The fourth-order valence-electron chi connectivity index (χ4n) is 7.07.